The zero-order valence-electron chi connectivity index (χ0n) is 18.6. The van der Waals surface area contributed by atoms with Crippen molar-refractivity contribution < 1.29 is 14.6 Å². The highest BCUT2D eigenvalue weighted by Gasteiger charge is 2.30. The largest absolute Gasteiger partial charge is 0.388 e. The van der Waals surface area contributed by atoms with Crippen molar-refractivity contribution >= 4 is 22.8 Å². The standard InChI is InChI=1S/C22H29N7O3/c1-14-12-32-9-8-29(14)13-22(2,31)10-18-26-19(17-11-24-28-20(17)27-18)15-4-6-16(7-5-15)25-21(30)23-3/h4-7,11,14,31H,8-10,12-13H2,1-3H3,(H2,23,25,30)(H,24,26,27,28)/t14-,22?/m0/s1. The van der Waals surface area contributed by atoms with E-state index in [0.717, 1.165) is 23.2 Å². The molecule has 1 aliphatic rings. The van der Waals surface area contributed by atoms with E-state index in [1.807, 2.05) is 31.2 Å². The van der Waals surface area contributed by atoms with E-state index in [2.05, 4.69) is 37.6 Å². The number of β-amino-alcohol motifs (C(OH)–C–C–N with tert-alkyl or cyclic N) is 1. The van der Waals surface area contributed by atoms with Gasteiger partial charge < -0.3 is 20.5 Å². The lowest BCUT2D eigenvalue weighted by Gasteiger charge is -2.38. The lowest BCUT2D eigenvalue weighted by atomic mass is 9.99. The third kappa shape index (κ3) is 5.04. The van der Waals surface area contributed by atoms with Gasteiger partial charge in [0.1, 0.15) is 5.82 Å². The number of H-pyrrole nitrogens is 1. The van der Waals surface area contributed by atoms with Crippen molar-refractivity contribution in [3.05, 3.63) is 36.3 Å². The molecular formula is C22H29N7O3. The first-order chi connectivity index (χ1) is 15.3. The molecule has 0 saturated carbocycles. The molecule has 0 aliphatic carbocycles. The molecule has 0 radical (unpaired) electrons. The summed E-state index contributed by atoms with van der Waals surface area (Å²) >= 11 is 0. The van der Waals surface area contributed by atoms with Crippen LogP contribution in [-0.4, -0.2) is 81.2 Å². The number of fused-ring (bicyclic) bond motifs is 1. The number of anilines is 1. The van der Waals surface area contributed by atoms with Crippen LogP contribution in [0, 0.1) is 0 Å². The van der Waals surface area contributed by atoms with Gasteiger partial charge in [-0.1, -0.05) is 12.1 Å². The van der Waals surface area contributed by atoms with E-state index < -0.39 is 5.60 Å². The number of hydrogen-bond donors (Lipinski definition) is 4. The molecule has 4 N–H and O–H groups in total. The highest BCUT2D eigenvalue weighted by atomic mass is 16.5. The van der Waals surface area contributed by atoms with Crippen LogP contribution >= 0.6 is 0 Å². The van der Waals surface area contributed by atoms with Crippen LogP contribution in [0.4, 0.5) is 10.5 Å². The van der Waals surface area contributed by atoms with Crippen molar-refractivity contribution in [3.63, 3.8) is 0 Å². The monoisotopic (exact) mass is 439 g/mol. The quantitative estimate of drug-likeness (QED) is 0.461. The number of ether oxygens (including phenoxy) is 1. The Balaban J connectivity index is 1.58. The summed E-state index contributed by atoms with van der Waals surface area (Å²) in [7, 11) is 1.57. The number of morpholine rings is 1. The minimum Gasteiger partial charge on any atom is -0.388 e. The predicted octanol–water partition coefficient (Wildman–Crippen LogP) is 1.79. The number of benzene rings is 1. The maximum absolute atomic E-state index is 11.5. The number of aromatic amines is 1. The third-order valence-corrected chi connectivity index (χ3v) is 5.59. The van der Waals surface area contributed by atoms with E-state index in [0.29, 0.717) is 43.3 Å². The van der Waals surface area contributed by atoms with Gasteiger partial charge in [-0.05, 0) is 26.0 Å². The molecule has 3 heterocycles. The molecule has 0 bridgehead atoms. The second-order valence-corrected chi connectivity index (χ2v) is 8.47. The summed E-state index contributed by atoms with van der Waals surface area (Å²) < 4.78 is 5.50. The lowest BCUT2D eigenvalue weighted by Crippen LogP contribution is -2.51. The minimum atomic E-state index is -1.00. The van der Waals surface area contributed by atoms with Gasteiger partial charge in [0.2, 0.25) is 0 Å². The van der Waals surface area contributed by atoms with Crippen LogP contribution in [0.15, 0.2) is 30.5 Å². The molecule has 1 fully saturated rings. The number of aromatic nitrogens is 4. The van der Waals surface area contributed by atoms with Crippen LogP contribution in [-0.2, 0) is 11.2 Å². The van der Waals surface area contributed by atoms with Gasteiger partial charge in [-0.3, -0.25) is 10.00 Å². The normalized spacial score (nSPS) is 18.9. The molecule has 4 rings (SSSR count). The fourth-order valence-electron chi connectivity index (χ4n) is 3.92. The Bertz CT molecular complexity index is 1080. The van der Waals surface area contributed by atoms with Crippen LogP contribution < -0.4 is 10.6 Å². The minimum absolute atomic E-state index is 0.253. The van der Waals surface area contributed by atoms with E-state index >= 15 is 0 Å². The number of carbonyl (C=O) groups excluding carboxylic acids is 1. The highest BCUT2D eigenvalue weighted by molar-refractivity contribution is 5.92. The maximum atomic E-state index is 11.5. The molecule has 2 aromatic heterocycles. The molecule has 170 valence electrons. The number of urea groups is 1. The Morgan fingerprint density at radius 2 is 2.12 bits per heavy atom. The van der Waals surface area contributed by atoms with Crippen LogP contribution in [0.1, 0.15) is 19.7 Å². The summed E-state index contributed by atoms with van der Waals surface area (Å²) in [6, 6.07) is 7.37. The van der Waals surface area contributed by atoms with Crippen molar-refractivity contribution in [2.24, 2.45) is 0 Å². The van der Waals surface area contributed by atoms with E-state index in [4.69, 9.17) is 9.72 Å². The Morgan fingerprint density at radius 3 is 2.84 bits per heavy atom. The van der Waals surface area contributed by atoms with Crippen molar-refractivity contribution in [1.29, 1.82) is 0 Å². The van der Waals surface area contributed by atoms with Crippen LogP contribution in [0.25, 0.3) is 22.3 Å². The topological polar surface area (TPSA) is 128 Å². The van der Waals surface area contributed by atoms with Gasteiger partial charge in [-0.25, -0.2) is 14.8 Å². The number of carbonyl (C=O) groups is 1. The van der Waals surface area contributed by atoms with Gasteiger partial charge in [-0.15, -0.1) is 0 Å². The molecule has 1 unspecified atom stereocenters. The maximum Gasteiger partial charge on any atom is 0.318 e. The molecule has 3 aromatic rings. The fraction of sp³-hybridized carbons (Fsp3) is 0.455. The lowest BCUT2D eigenvalue weighted by molar-refractivity contribution is -0.0486. The van der Waals surface area contributed by atoms with Crippen LogP contribution in [0.5, 0.6) is 0 Å². The Kier molecular flexibility index (Phi) is 6.35. The molecule has 1 saturated heterocycles. The molecule has 32 heavy (non-hydrogen) atoms. The Hall–Kier alpha value is -3.08. The third-order valence-electron chi connectivity index (χ3n) is 5.59. The second-order valence-electron chi connectivity index (χ2n) is 8.47. The molecule has 0 spiro atoms. The van der Waals surface area contributed by atoms with E-state index in [1.165, 1.54) is 0 Å². The number of amides is 2. The van der Waals surface area contributed by atoms with Crippen molar-refractivity contribution in [2.45, 2.75) is 31.9 Å². The molecule has 10 nitrogen and oxygen atoms in total. The first kappa shape index (κ1) is 22.1. The average Bonchev–Trinajstić information content (AvgIpc) is 3.23. The average molecular weight is 440 g/mol. The molecule has 2 amide bonds. The zero-order valence-corrected chi connectivity index (χ0v) is 18.6. The summed E-state index contributed by atoms with van der Waals surface area (Å²) in [5.74, 6) is 0.537. The fourth-order valence-corrected chi connectivity index (χ4v) is 3.92. The number of aliphatic hydroxyl groups is 1. The van der Waals surface area contributed by atoms with Gasteiger partial charge in [0.25, 0.3) is 0 Å². The van der Waals surface area contributed by atoms with Gasteiger partial charge in [0, 0.05) is 43.9 Å². The highest BCUT2D eigenvalue weighted by Crippen LogP contribution is 2.27. The molecule has 1 aliphatic heterocycles. The van der Waals surface area contributed by atoms with Crippen molar-refractivity contribution in [3.8, 4) is 11.3 Å². The summed E-state index contributed by atoms with van der Waals surface area (Å²) in [5.41, 5.74) is 1.88. The van der Waals surface area contributed by atoms with Crippen molar-refractivity contribution in [2.75, 3.05) is 38.7 Å². The first-order valence-electron chi connectivity index (χ1n) is 10.7. The van der Waals surface area contributed by atoms with Crippen LogP contribution in [0.2, 0.25) is 0 Å². The molecular weight excluding hydrogens is 410 g/mol. The van der Waals surface area contributed by atoms with Gasteiger partial charge in [-0.2, -0.15) is 5.10 Å². The zero-order chi connectivity index (χ0) is 22.7. The summed E-state index contributed by atoms with van der Waals surface area (Å²) in [6.45, 7) is 6.56. The smallest absolute Gasteiger partial charge is 0.318 e. The summed E-state index contributed by atoms with van der Waals surface area (Å²) in [5, 5.41) is 24.2. The van der Waals surface area contributed by atoms with Gasteiger partial charge in [0.15, 0.2) is 5.65 Å². The van der Waals surface area contributed by atoms with E-state index in [-0.39, 0.29) is 12.1 Å². The molecule has 2 atom stereocenters. The Labute approximate surface area is 186 Å². The predicted molar refractivity (Wildman–Crippen MR) is 121 cm³/mol. The number of nitrogens with zero attached hydrogens (tertiary/aromatic N) is 4. The van der Waals surface area contributed by atoms with Gasteiger partial charge in [0.05, 0.1) is 36.1 Å². The SMILES string of the molecule is CNC(=O)Nc1ccc(-c2nc(CC(C)(O)CN3CCOC[C@@H]3C)nc3[nH]ncc23)cc1. The summed E-state index contributed by atoms with van der Waals surface area (Å²) in [6.07, 6.45) is 1.99. The number of nitrogens with one attached hydrogen (secondary N) is 3. The second kappa shape index (κ2) is 9.19. The molecule has 10 heteroatoms. The van der Waals surface area contributed by atoms with Crippen LogP contribution in [0.3, 0.4) is 0 Å². The van der Waals surface area contributed by atoms with E-state index in [9.17, 15) is 9.90 Å². The molecule has 1 aromatic carbocycles. The van der Waals surface area contributed by atoms with Gasteiger partial charge >= 0.3 is 6.03 Å². The first-order valence-corrected chi connectivity index (χ1v) is 10.7. The summed E-state index contributed by atoms with van der Waals surface area (Å²) in [4.78, 5) is 23.1. The number of hydrogen-bond acceptors (Lipinski definition) is 7. The van der Waals surface area contributed by atoms with E-state index in [1.54, 1.807) is 13.2 Å². The number of rotatable bonds is 6. The van der Waals surface area contributed by atoms with Crippen molar-refractivity contribution in [1.82, 2.24) is 30.4 Å². The Morgan fingerprint density at radius 1 is 1.34 bits per heavy atom.